The smallest absolute Gasteiger partial charge is 0.119 e. The molecule has 3 unspecified atom stereocenters. The normalized spacial score (nSPS) is 24.9. The molecular weight excluding hydrogens is 202 g/mol. The average molecular weight is 221 g/mol. The largest absolute Gasteiger partial charge is 0.497 e. The molecule has 0 aromatic heterocycles. The summed E-state index contributed by atoms with van der Waals surface area (Å²) in [5.74, 6) is 3.05. The molecule has 1 aromatic rings. The zero-order chi connectivity index (χ0) is 11.5. The highest BCUT2D eigenvalue weighted by Gasteiger charge is 2.39. The van der Waals surface area contributed by atoms with Gasteiger partial charge in [-0.1, -0.05) is 0 Å². The Morgan fingerprint density at radius 2 is 1.94 bits per heavy atom. The molecule has 0 saturated heterocycles. The summed E-state index contributed by atoms with van der Waals surface area (Å²) in [6.07, 6.45) is 1.20. The molecule has 0 heterocycles. The van der Waals surface area contributed by atoms with Crippen molar-refractivity contribution in [1.82, 2.24) is 0 Å². The summed E-state index contributed by atoms with van der Waals surface area (Å²) in [4.78, 5) is 0. The first-order chi connectivity index (χ1) is 7.70. The Hall–Kier alpha value is -1.22. The summed E-state index contributed by atoms with van der Waals surface area (Å²) >= 11 is 0. The molecule has 0 aliphatic heterocycles. The number of ether oxygens (including phenoxy) is 2. The van der Waals surface area contributed by atoms with Crippen LogP contribution in [0.3, 0.4) is 0 Å². The molecule has 16 heavy (non-hydrogen) atoms. The van der Waals surface area contributed by atoms with E-state index in [2.05, 4.69) is 6.92 Å². The zero-order valence-corrected chi connectivity index (χ0v) is 9.85. The predicted molar refractivity (Wildman–Crippen MR) is 63.7 cm³/mol. The van der Waals surface area contributed by atoms with Crippen LogP contribution in [-0.4, -0.2) is 19.8 Å². The second-order valence-corrected chi connectivity index (χ2v) is 4.51. The van der Waals surface area contributed by atoms with E-state index < -0.39 is 0 Å². The van der Waals surface area contributed by atoms with Crippen LogP contribution in [-0.2, 0) is 0 Å². The summed E-state index contributed by atoms with van der Waals surface area (Å²) in [6, 6.07) is 7.98. The van der Waals surface area contributed by atoms with Gasteiger partial charge in [0.25, 0.3) is 0 Å². The van der Waals surface area contributed by atoms with Crippen molar-refractivity contribution < 1.29 is 9.47 Å². The number of methoxy groups -OCH3 is 1. The van der Waals surface area contributed by atoms with Crippen LogP contribution < -0.4 is 15.2 Å². The molecule has 2 N–H and O–H groups in total. The Balaban J connectivity index is 1.78. The summed E-state index contributed by atoms with van der Waals surface area (Å²) in [6.45, 7) is 2.84. The fraction of sp³-hybridized carbons (Fsp3) is 0.538. The van der Waals surface area contributed by atoms with Gasteiger partial charge in [0.1, 0.15) is 11.5 Å². The summed E-state index contributed by atoms with van der Waals surface area (Å²) in [7, 11) is 1.66. The van der Waals surface area contributed by atoms with E-state index in [0.29, 0.717) is 17.9 Å². The minimum atomic E-state index is 0.296. The number of hydrogen-bond acceptors (Lipinski definition) is 3. The third kappa shape index (κ3) is 2.67. The molecule has 1 fully saturated rings. The lowest BCUT2D eigenvalue weighted by Gasteiger charge is -2.07. The van der Waals surface area contributed by atoms with Crippen molar-refractivity contribution >= 4 is 0 Å². The van der Waals surface area contributed by atoms with E-state index in [1.165, 1.54) is 6.42 Å². The first kappa shape index (κ1) is 11.3. The number of hydrogen-bond donors (Lipinski definition) is 1. The molecule has 1 aliphatic carbocycles. The second kappa shape index (κ2) is 4.74. The summed E-state index contributed by atoms with van der Waals surface area (Å²) < 4.78 is 10.8. The van der Waals surface area contributed by atoms with Gasteiger partial charge in [0.15, 0.2) is 0 Å². The van der Waals surface area contributed by atoms with E-state index in [1.807, 2.05) is 24.3 Å². The quantitative estimate of drug-likeness (QED) is 0.827. The lowest BCUT2D eigenvalue weighted by molar-refractivity contribution is 0.288. The third-order valence-electron chi connectivity index (χ3n) is 3.18. The van der Waals surface area contributed by atoms with Gasteiger partial charge in [0.05, 0.1) is 13.7 Å². The van der Waals surface area contributed by atoms with Crippen LogP contribution in [0.5, 0.6) is 11.5 Å². The monoisotopic (exact) mass is 221 g/mol. The van der Waals surface area contributed by atoms with Crippen LogP contribution >= 0.6 is 0 Å². The Labute approximate surface area is 96.5 Å². The van der Waals surface area contributed by atoms with E-state index in [-0.39, 0.29) is 0 Å². The number of rotatable bonds is 5. The van der Waals surface area contributed by atoms with Gasteiger partial charge in [-0.15, -0.1) is 0 Å². The minimum absolute atomic E-state index is 0.296. The van der Waals surface area contributed by atoms with Gasteiger partial charge < -0.3 is 15.2 Å². The van der Waals surface area contributed by atoms with Crippen LogP contribution in [0, 0.1) is 11.8 Å². The summed E-state index contributed by atoms with van der Waals surface area (Å²) in [5, 5.41) is 0. The Morgan fingerprint density at radius 1 is 1.31 bits per heavy atom. The maximum Gasteiger partial charge on any atom is 0.119 e. The first-order valence-corrected chi connectivity index (χ1v) is 5.73. The van der Waals surface area contributed by atoms with E-state index in [1.54, 1.807) is 7.11 Å². The topological polar surface area (TPSA) is 44.5 Å². The van der Waals surface area contributed by atoms with Crippen molar-refractivity contribution in [3.05, 3.63) is 24.3 Å². The van der Waals surface area contributed by atoms with Crippen molar-refractivity contribution in [3.63, 3.8) is 0 Å². The molecule has 3 atom stereocenters. The van der Waals surface area contributed by atoms with Gasteiger partial charge in [-0.3, -0.25) is 0 Å². The molecule has 1 saturated carbocycles. The number of nitrogens with two attached hydrogens (primary N) is 1. The van der Waals surface area contributed by atoms with Crippen molar-refractivity contribution in [1.29, 1.82) is 0 Å². The molecule has 3 heteroatoms. The average Bonchev–Trinajstić information content (AvgIpc) is 3.06. The molecule has 3 nitrogen and oxygen atoms in total. The molecule has 0 amide bonds. The van der Waals surface area contributed by atoms with Crippen molar-refractivity contribution in [2.24, 2.45) is 17.6 Å². The fourth-order valence-electron chi connectivity index (χ4n) is 1.98. The molecule has 88 valence electrons. The van der Waals surface area contributed by atoms with Gasteiger partial charge in [0, 0.05) is 6.04 Å². The van der Waals surface area contributed by atoms with Gasteiger partial charge in [0.2, 0.25) is 0 Å². The molecule has 0 bridgehead atoms. The van der Waals surface area contributed by atoms with Crippen molar-refractivity contribution in [2.45, 2.75) is 19.4 Å². The van der Waals surface area contributed by atoms with Gasteiger partial charge in [-0.25, -0.2) is 0 Å². The highest BCUT2D eigenvalue weighted by molar-refractivity contribution is 5.31. The van der Waals surface area contributed by atoms with Gasteiger partial charge >= 0.3 is 0 Å². The third-order valence-corrected chi connectivity index (χ3v) is 3.18. The SMILES string of the molecule is COc1ccc(OCC2CC2C(C)N)cc1. The van der Waals surface area contributed by atoms with E-state index in [4.69, 9.17) is 15.2 Å². The Bertz CT molecular complexity index is 334. The fourth-order valence-corrected chi connectivity index (χ4v) is 1.98. The molecule has 0 radical (unpaired) electrons. The van der Waals surface area contributed by atoms with E-state index in [9.17, 15) is 0 Å². The van der Waals surface area contributed by atoms with Crippen LogP contribution in [0.1, 0.15) is 13.3 Å². The maximum absolute atomic E-state index is 5.82. The molecule has 1 aromatic carbocycles. The highest BCUT2D eigenvalue weighted by atomic mass is 16.5. The maximum atomic E-state index is 5.82. The van der Waals surface area contributed by atoms with Gasteiger partial charge in [-0.05, 0) is 49.4 Å². The second-order valence-electron chi connectivity index (χ2n) is 4.51. The molecule has 0 spiro atoms. The van der Waals surface area contributed by atoms with Crippen molar-refractivity contribution in [2.75, 3.05) is 13.7 Å². The molecule has 2 rings (SSSR count). The van der Waals surface area contributed by atoms with Crippen molar-refractivity contribution in [3.8, 4) is 11.5 Å². The number of benzene rings is 1. The van der Waals surface area contributed by atoms with Crippen LogP contribution in [0.4, 0.5) is 0 Å². The lowest BCUT2D eigenvalue weighted by atomic mass is 10.2. The zero-order valence-electron chi connectivity index (χ0n) is 9.85. The summed E-state index contributed by atoms with van der Waals surface area (Å²) in [5.41, 5.74) is 5.82. The minimum Gasteiger partial charge on any atom is -0.497 e. The first-order valence-electron chi connectivity index (χ1n) is 5.73. The molecular formula is C13H19NO2. The van der Waals surface area contributed by atoms with Crippen LogP contribution in [0.25, 0.3) is 0 Å². The predicted octanol–water partition coefficient (Wildman–Crippen LogP) is 2.06. The van der Waals surface area contributed by atoms with E-state index in [0.717, 1.165) is 18.1 Å². The lowest BCUT2D eigenvalue weighted by Crippen LogP contribution is -2.19. The van der Waals surface area contributed by atoms with Gasteiger partial charge in [-0.2, -0.15) is 0 Å². The Kier molecular flexibility index (Phi) is 3.34. The molecule has 1 aliphatic rings. The van der Waals surface area contributed by atoms with Crippen LogP contribution in [0.2, 0.25) is 0 Å². The Morgan fingerprint density at radius 3 is 2.44 bits per heavy atom. The standard InChI is InChI=1S/C13H19NO2/c1-9(14)13-7-10(13)8-16-12-5-3-11(15-2)4-6-12/h3-6,9-10,13H,7-8,14H2,1-2H3. The highest BCUT2D eigenvalue weighted by Crippen LogP contribution is 2.40. The van der Waals surface area contributed by atoms with E-state index >= 15 is 0 Å². The van der Waals surface area contributed by atoms with Crippen LogP contribution in [0.15, 0.2) is 24.3 Å².